The second-order valence-electron chi connectivity index (χ2n) is 6.45. The average Bonchev–Trinajstić information content (AvgIpc) is 2.65. The van der Waals surface area contributed by atoms with E-state index in [4.69, 9.17) is 5.73 Å². The van der Waals surface area contributed by atoms with Crippen LogP contribution in [0.4, 0.5) is 11.5 Å². The normalized spacial score (nSPS) is 14.5. The molecule has 3 rings (SSSR count). The lowest BCUT2D eigenvalue weighted by Gasteiger charge is -2.36. The third-order valence-electron chi connectivity index (χ3n) is 4.78. The van der Waals surface area contributed by atoms with Crippen LogP contribution in [0.15, 0.2) is 39.9 Å². The highest BCUT2D eigenvalue weighted by atomic mass is 16.2. The van der Waals surface area contributed by atoms with Crippen molar-refractivity contribution in [3.8, 4) is 0 Å². The Morgan fingerprint density at radius 2 is 1.69 bits per heavy atom. The maximum absolute atomic E-state index is 12.7. The van der Waals surface area contributed by atoms with Crippen molar-refractivity contribution in [3.05, 3.63) is 56.7 Å². The monoisotopic (exact) mass is 357 g/mol. The van der Waals surface area contributed by atoms with E-state index in [0.29, 0.717) is 38.4 Å². The van der Waals surface area contributed by atoms with Crippen LogP contribution in [0.1, 0.15) is 12.5 Å². The molecule has 0 saturated carbocycles. The predicted octanol–water partition coefficient (Wildman–Crippen LogP) is -0.154. The fourth-order valence-electron chi connectivity index (χ4n) is 3.23. The third-order valence-corrected chi connectivity index (χ3v) is 4.78. The molecule has 2 aromatic rings. The van der Waals surface area contributed by atoms with E-state index >= 15 is 0 Å². The Hall–Kier alpha value is -3.03. The van der Waals surface area contributed by atoms with E-state index < -0.39 is 11.2 Å². The molecular weight excluding hydrogens is 334 g/mol. The summed E-state index contributed by atoms with van der Waals surface area (Å²) in [4.78, 5) is 40.3. The van der Waals surface area contributed by atoms with Crippen molar-refractivity contribution >= 4 is 17.4 Å². The van der Waals surface area contributed by atoms with Crippen LogP contribution in [0.25, 0.3) is 0 Å². The summed E-state index contributed by atoms with van der Waals surface area (Å²) in [5, 5.41) is 0. The summed E-state index contributed by atoms with van der Waals surface area (Å²) in [6.45, 7) is 3.87. The summed E-state index contributed by atoms with van der Waals surface area (Å²) >= 11 is 0. The van der Waals surface area contributed by atoms with E-state index in [-0.39, 0.29) is 11.7 Å². The first-order chi connectivity index (χ1) is 12.4. The molecule has 2 N–H and O–H groups in total. The summed E-state index contributed by atoms with van der Waals surface area (Å²) in [5.41, 5.74) is 6.65. The van der Waals surface area contributed by atoms with Gasteiger partial charge < -0.3 is 15.5 Å². The summed E-state index contributed by atoms with van der Waals surface area (Å²) < 4.78 is 2.51. The SMILES string of the molecule is CC(=O)N1CCN(c2c(N)n(Cc3ccccc3)c(=O)n(C)c2=O)CC1. The largest absolute Gasteiger partial charge is 0.383 e. The second kappa shape index (κ2) is 7.07. The van der Waals surface area contributed by atoms with Gasteiger partial charge in [-0.15, -0.1) is 0 Å². The Morgan fingerprint density at radius 3 is 2.27 bits per heavy atom. The topological polar surface area (TPSA) is 93.6 Å². The lowest BCUT2D eigenvalue weighted by atomic mass is 10.2. The second-order valence-corrected chi connectivity index (χ2v) is 6.45. The first-order valence-corrected chi connectivity index (χ1v) is 8.54. The van der Waals surface area contributed by atoms with Crippen molar-refractivity contribution in [2.24, 2.45) is 7.05 Å². The molecule has 1 amide bonds. The van der Waals surface area contributed by atoms with Gasteiger partial charge in [0.1, 0.15) is 11.5 Å². The van der Waals surface area contributed by atoms with Crippen molar-refractivity contribution in [3.63, 3.8) is 0 Å². The van der Waals surface area contributed by atoms with Crippen LogP contribution >= 0.6 is 0 Å². The minimum atomic E-state index is -0.442. The number of nitrogens with two attached hydrogens (primary N) is 1. The van der Waals surface area contributed by atoms with Crippen molar-refractivity contribution in [1.82, 2.24) is 14.0 Å². The van der Waals surface area contributed by atoms with Gasteiger partial charge in [0.25, 0.3) is 5.56 Å². The Labute approximate surface area is 151 Å². The van der Waals surface area contributed by atoms with Crippen molar-refractivity contribution in [1.29, 1.82) is 0 Å². The number of benzene rings is 1. The number of carbonyl (C=O) groups is 1. The van der Waals surface area contributed by atoms with E-state index in [9.17, 15) is 14.4 Å². The van der Waals surface area contributed by atoms with Crippen LogP contribution in [0, 0.1) is 0 Å². The number of rotatable bonds is 3. The highest BCUT2D eigenvalue weighted by molar-refractivity contribution is 5.74. The third kappa shape index (κ3) is 3.22. The van der Waals surface area contributed by atoms with Gasteiger partial charge >= 0.3 is 5.69 Å². The zero-order valence-electron chi connectivity index (χ0n) is 15.0. The molecule has 1 saturated heterocycles. The number of hydrogen-bond acceptors (Lipinski definition) is 5. The molecule has 1 aliphatic heterocycles. The zero-order chi connectivity index (χ0) is 18.8. The first-order valence-electron chi connectivity index (χ1n) is 8.54. The standard InChI is InChI=1S/C18H23N5O3/c1-13(24)21-8-10-22(11-9-21)15-16(19)23(18(26)20(2)17(15)25)12-14-6-4-3-5-7-14/h3-7H,8-12,19H2,1-2H3. The molecule has 2 heterocycles. The maximum Gasteiger partial charge on any atom is 0.332 e. The highest BCUT2D eigenvalue weighted by Crippen LogP contribution is 2.19. The van der Waals surface area contributed by atoms with E-state index in [1.165, 1.54) is 18.5 Å². The van der Waals surface area contributed by atoms with Crippen molar-refractivity contribution in [2.45, 2.75) is 13.5 Å². The molecule has 0 spiro atoms. The first kappa shape index (κ1) is 17.8. The Balaban J connectivity index is 2.00. The summed E-state index contributed by atoms with van der Waals surface area (Å²) in [7, 11) is 1.46. The molecular formula is C18H23N5O3. The van der Waals surface area contributed by atoms with Crippen LogP contribution in [-0.2, 0) is 18.4 Å². The van der Waals surface area contributed by atoms with Crippen LogP contribution in [0.3, 0.4) is 0 Å². The van der Waals surface area contributed by atoms with E-state index in [1.807, 2.05) is 35.2 Å². The molecule has 8 nitrogen and oxygen atoms in total. The minimum absolute atomic E-state index is 0.0135. The lowest BCUT2D eigenvalue weighted by Crippen LogP contribution is -2.51. The molecule has 0 bridgehead atoms. The summed E-state index contributed by atoms with van der Waals surface area (Å²) in [5.74, 6) is 0.179. The van der Waals surface area contributed by atoms with Crippen LogP contribution in [0.5, 0.6) is 0 Å². The number of amides is 1. The molecule has 1 aromatic carbocycles. The molecule has 0 aliphatic carbocycles. The predicted molar refractivity (Wildman–Crippen MR) is 100 cm³/mol. The van der Waals surface area contributed by atoms with Crippen LogP contribution in [0.2, 0.25) is 0 Å². The van der Waals surface area contributed by atoms with Gasteiger partial charge in [0.15, 0.2) is 0 Å². The van der Waals surface area contributed by atoms with Crippen LogP contribution in [-0.4, -0.2) is 46.1 Å². The van der Waals surface area contributed by atoms with Crippen molar-refractivity contribution < 1.29 is 4.79 Å². The lowest BCUT2D eigenvalue weighted by molar-refractivity contribution is -0.129. The molecule has 1 fully saturated rings. The molecule has 8 heteroatoms. The van der Waals surface area contributed by atoms with Gasteiger partial charge in [-0.3, -0.25) is 18.7 Å². The maximum atomic E-state index is 12.7. The Morgan fingerprint density at radius 1 is 1.08 bits per heavy atom. The quantitative estimate of drug-likeness (QED) is 0.824. The number of carbonyl (C=O) groups excluding carboxylic acids is 1. The van der Waals surface area contributed by atoms with Gasteiger partial charge in [-0.25, -0.2) is 4.79 Å². The van der Waals surface area contributed by atoms with Crippen LogP contribution < -0.4 is 21.9 Å². The molecule has 26 heavy (non-hydrogen) atoms. The molecule has 138 valence electrons. The fraction of sp³-hybridized carbons (Fsp3) is 0.389. The average molecular weight is 357 g/mol. The molecule has 1 aromatic heterocycles. The van der Waals surface area contributed by atoms with Gasteiger partial charge in [-0.1, -0.05) is 30.3 Å². The van der Waals surface area contributed by atoms with Gasteiger partial charge in [0.05, 0.1) is 6.54 Å². The minimum Gasteiger partial charge on any atom is -0.383 e. The number of nitrogens with zero attached hydrogens (tertiary/aromatic N) is 4. The Kier molecular flexibility index (Phi) is 4.83. The number of piperazine rings is 1. The van der Waals surface area contributed by atoms with Crippen molar-refractivity contribution in [2.75, 3.05) is 36.8 Å². The summed E-state index contributed by atoms with van der Waals surface area (Å²) in [6, 6.07) is 9.49. The van der Waals surface area contributed by atoms with Gasteiger partial charge in [-0.05, 0) is 5.56 Å². The van der Waals surface area contributed by atoms with Gasteiger partial charge in [-0.2, -0.15) is 0 Å². The number of nitrogen functional groups attached to an aromatic ring is 1. The van der Waals surface area contributed by atoms with E-state index in [2.05, 4.69) is 0 Å². The summed E-state index contributed by atoms with van der Waals surface area (Å²) in [6.07, 6.45) is 0. The number of hydrogen-bond donors (Lipinski definition) is 1. The molecule has 0 atom stereocenters. The van der Waals surface area contributed by atoms with E-state index in [1.54, 1.807) is 4.90 Å². The molecule has 0 unspecified atom stereocenters. The van der Waals surface area contributed by atoms with E-state index in [0.717, 1.165) is 10.1 Å². The highest BCUT2D eigenvalue weighted by Gasteiger charge is 2.25. The number of aromatic nitrogens is 2. The number of anilines is 2. The molecule has 0 radical (unpaired) electrons. The Bertz CT molecular complexity index is 924. The fourth-order valence-corrected chi connectivity index (χ4v) is 3.23. The van der Waals surface area contributed by atoms with Gasteiger partial charge in [0, 0.05) is 40.2 Å². The van der Waals surface area contributed by atoms with Gasteiger partial charge in [0.2, 0.25) is 5.91 Å². The molecule has 1 aliphatic rings. The smallest absolute Gasteiger partial charge is 0.332 e. The zero-order valence-corrected chi connectivity index (χ0v) is 15.0.